The molecule has 3 rings (SSSR count). The summed E-state index contributed by atoms with van der Waals surface area (Å²) in [5, 5.41) is 14.4. The fraction of sp³-hybridized carbons (Fsp3) is 0.421. The van der Waals surface area contributed by atoms with Gasteiger partial charge in [0.1, 0.15) is 5.69 Å². The first kappa shape index (κ1) is 19.7. The largest absolute Gasteiger partial charge is 0.379 e. The van der Waals surface area contributed by atoms with Gasteiger partial charge >= 0.3 is 0 Å². The molecule has 0 atom stereocenters. The molecule has 0 aliphatic carbocycles. The van der Waals surface area contributed by atoms with E-state index in [2.05, 4.69) is 25.1 Å². The van der Waals surface area contributed by atoms with Crippen molar-refractivity contribution >= 4 is 23.1 Å². The van der Waals surface area contributed by atoms with E-state index >= 15 is 0 Å². The van der Waals surface area contributed by atoms with Crippen molar-refractivity contribution in [3.05, 3.63) is 52.3 Å². The van der Waals surface area contributed by atoms with E-state index in [1.807, 2.05) is 6.07 Å². The lowest BCUT2D eigenvalue weighted by atomic mass is 10.1. The molecule has 2 heterocycles. The van der Waals surface area contributed by atoms with E-state index in [0.29, 0.717) is 17.8 Å². The van der Waals surface area contributed by atoms with Crippen LogP contribution in [-0.4, -0.2) is 64.8 Å². The van der Waals surface area contributed by atoms with Crippen molar-refractivity contribution in [2.24, 2.45) is 0 Å². The Morgan fingerprint density at radius 2 is 1.93 bits per heavy atom. The van der Waals surface area contributed by atoms with E-state index in [0.717, 1.165) is 45.1 Å². The number of aromatic nitrogens is 2. The number of hydrogen-bond acceptors (Lipinski definition) is 8. The van der Waals surface area contributed by atoms with Crippen LogP contribution < -0.4 is 10.2 Å². The summed E-state index contributed by atoms with van der Waals surface area (Å²) < 4.78 is 0. The van der Waals surface area contributed by atoms with Gasteiger partial charge in [-0.05, 0) is 38.1 Å². The SMILES string of the molecule is CC(=O)c1ccc(NCCCN2CCN(c3ncccn3)CC2)c([N+](=O)[O-])c1. The van der Waals surface area contributed by atoms with Gasteiger partial charge in [0.05, 0.1) is 4.92 Å². The van der Waals surface area contributed by atoms with Crippen LogP contribution in [0.5, 0.6) is 0 Å². The molecule has 9 heteroatoms. The molecule has 1 N–H and O–H groups in total. The van der Waals surface area contributed by atoms with Gasteiger partial charge in [-0.2, -0.15) is 0 Å². The molecule has 1 aliphatic heterocycles. The van der Waals surface area contributed by atoms with E-state index in [4.69, 9.17) is 0 Å². The van der Waals surface area contributed by atoms with Crippen molar-refractivity contribution in [3.63, 3.8) is 0 Å². The Balaban J connectivity index is 1.44. The van der Waals surface area contributed by atoms with E-state index in [-0.39, 0.29) is 11.5 Å². The van der Waals surface area contributed by atoms with Gasteiger partial charge in [0.25, 0.3) is 5.69 Å². The van der Waals surface area contributed by atoms with Crippen LogP contribution in [0, 0.1) is 10.1 Å². The Morgan fingerprint density at radius 3 is 2.57 bits per heavy atom. The van der Waals surface area contributed by atoms with Gasteiger partial charge in [-0.15, -0.1) is 0 Å². The molecule has 0 unspecified atom stereocenters. The average molecular weight is 384 g/mol. The summed E-state index contributed by atoms with van der Waals surface area (Å²) in [6.45, 7) is 6.58. The smallest absolute Gasteiger partial charge is 0.293 e. The van der Waals surface area contributed by atoms with Gasteiger partial charge in [-0.1, -0.05) is 0 Å². The summed E-state index contributed by atoms with van der Waals surface area (Å²) in [5.74, 6) is 0.583. The Bertz CT molecular complexity index is 822. The molecule has 0 radical (unpaired) electrons. The summed E-state index contributed by atoms with van der Waals surface area (Å²) in [7, 11) is 0. The highest BCUT2D eigenvalue weighted by Crippen LogP contribution is 2.25. The van der Waals surface area contributed by atoms with Crippen LogP contribution in [0.1, 0.15) is 23.7 Å². The maximum Gasteiger partial charge on any atom is 0.293 e. The average Bonchev–Trinajstić information content (AvgIpc) is 2.72. The second-order valence-corrected chi connectivity index (χ2v) is 6.70. The number of carbonyl (C=O) groups excluding carboxylic acids is 1. The Morgan fingerprint density at radius 1 is 1.21 bits per heavy atom. The first-order valence-electron chi connectivity index (χ1n) is 9.32. The lowest BCUT2D eigenvalue weighted by Gasteiger charge is -2.34. The fourth-order valence-electron chi connectivity index (χ4n) is 3.20. The monoisotopic (exact) mass is 384 g/mol. The number of nitrogens with one attached hydrogen (secondary N) is 1. The molecular formula is C19H24N6O3. The van der Waals surface area contributed by atoms with Crippen LogP contribution in [0.4, 0.5) is 17.3 Å². The van der Waals surface area contributed by atoms with Crippen LogP contribution in [0.25, 0.3) is 0 Å². The standard InChI is InChI=1S/C19H24N6O3/c1-15(26)16-4-5-17(18(14-16)25(27)28)20-8-3-9-23-10-12-24(13-11-23)19-21-6-2-7-22-19/h2,4-7,14,20H,3,8-13H2,1H3. The Hall–Kier alpha value is -3.07. The number of rotatable bonds is 8. The summed E-state index contributed by atoms with van der Waals surface area (Å²) >= 11 is 0. The van der Waals surface area contributed by atoms with Crippen LogP contribution in [-0.2, 0) is 0 Å². The minimum absolute atomic E-state index is 0.0656. The van der Waals surface area contributed by atoms with Crippen molar-refractivity contribution < 1.29 is 9.72 Å². The number of Topliss-reactive ketones (excluding diaryl/α,β-unsaturated/α-hetero) is 1. The topological polar surface area (TPSA) is 104 Å². The fourth-order valence-corrected chi connectivity index (χ4v) is 3.20. The van der Waals surface area contributed by atoms with E-state index in [9.17, 15) is 14.9 Å². The van der Waals surface area contributed by atoms with E-state index < -0.39 is 4.92 Å². The van der Waals surface area contributed by atoms with Crippen molar-refractivity contribution in [2.75, 3.05) is 49.5 Å². The lowest BCUT2D eigenvalue weighted by Crippen LogP contribution is -2.47. The summed E-state index contributed by atoms with van der Waals surface area (Å²) in [6.07, 6.45) is 4.37. The second kappa shape index (κ2) is 9.23. The molecule has 0 amide bonds. The number of nitro benzene ring substituents is 1. The quantitative estimate of drug-likeness (QED) is 0.320. The zero-order chi connectivity index (χ0) is 19.9. The van der Waals surface area contributed by atoms with E-state index in [1.54, 1.807) is 24.5 Å². The molecule has 1 saturated heterocycles. The predicted molar refractivity (Wildman–Crippen MR) is 107 cm³/mol. The Labute approximate surface area is 163 Å². The molecule has 1 aromatic heterocycles. The highest BCUT2D eigenvalue weighted by Gasteiger charge is 2.19. The molecule has 1 aliphatic rings. The minimum Gasteiger partial charge on any atom is -0.379 e. The number of hydrogen-bond donors (Lipinski definition) is 1. The van der Waals surface area contributed by atoms with Gasteiger partial charge in [0, 0.05) is 56.7 Å². The third-order valence-electron chi connectivity index (χ3n) is 4.77. The number of nitrogens with zero attached hydrogens (tertiary/aromatic N) is 5. The maximum absolute atomic E-state index is 11.4. The number of piperazine rings is 1. The van der Waals surface area contributed by atoms with Crippen molar-refractivity contribution in [3.8, 4) is 0 Å². The molecule has 9 nitrogen and oxygen atoms in total. The summed E-state index contributed by atoms with van der Waals surface area (Å²) in [4.78, 5) is 35.3. The van der Waals surface area contributed by atoms with Crippen molar-refractivity contribution in [2.45, 2.75) is 13.3 Å². The van der Waals surface area contributed by atoms with Crippen molar-refractivity contribution in [1.82, 2.24) is 14.9 Å². The van der Waals surface area contributed by atoms with Gasteiger partial charge in [0.15, 0.2) is 5.78 Å². The van der Waals surface area contributed by atoms with Crippen LogP contribution in [0.3, 0.4) is 0 Å². The van der Waals surface area contributed by atoms with Gasteiger partial charge in [-0.25, -0.2) is 9.97 Å². The van der Waals surface area contributed by atoms with Crippen LogP contribution in [0.2, 0.25) is 0 Å². The van der Waals surface area contributed by atoms with E-state index in [1.165, 1.54) is 13.0 Å². The zero-order valence-corrected chi connectivity index (χ0v) is 15.9. The van der Waals surface area contributed by atoms with Gasteiger partial charge < -0.3 is 10.2 Å². The molecule has 1 fully saturated rings. The van der Waals surface area contributed by atoms with Crippen LogP contribution in [0.15, 0.2) is 36.7 Å². The molecule has 2 aromatic rings. The number of anilines is 2. The molecule has 0 spiro atoms. The second-order valence-electron chi connectivity index (χ2n) is 6.70. The highest BCUT2D eigenvalue weighted by molar-refractivity contribution is 5.95. The molecular weight excluding hydrogens is 360 g/mol. The van der Waals surface area contributed by atoms with Crippen molar-refractivity contribution in [1.29, 1.82) is 0 Å². The number of nitro groups is 1. The molecule has 148 valence electrons. The molecule has 0 saturated carbocycles. The molecule has 0 bridgehead atoms. The van der Waals surface area contributed by atoms with Crippen LogP contribution >= 0.6 is 0 Å². The summed E-state index contributed by atoms with van der Waals surface area (Å²) in [5.41, 5.74) is 0.725. The highest BCUT2D eigenvalue weighted by atomic mass is 16.6. The Kier molecular flexibility index (Phi) is 6.49. The zero-order valence-electron chi connectivity index (χ0n) is 15.9. The first-order chi connectivity index (χ1) is 13.5. The number of carbonyl (C=O) groups is 1. The third kappa shape index (κ3) is 5.01. The summed E-state index contributed by atoms with van der Waals surface area (Å²) in [6, 6.07) is 6.36. The molecule has 1 aromatic carbocycles. The van der Waals surface area contributed by atoms with Gasteiger partial charge in [-0.3, -0.25) is 19.8 Å². The predicted octanol–water partition coefficient (Wildman–Crippen LogP) is 2.21. The third-order valence-corrected chi connectivity index (χ3v) is 4.77. The maximum atomic E-state index is 11.4. The lowest BCUT2D eigenvalue weighted by molar-refractivity contribution is -0.384. The number of benzene rings is 1. The molecule has 28 heavy (non-hydrogen) atoms. The normalized spacial score (nSPS) is 14.7. The first-order valence-corrected chi connectivity index (χ1v) is 9.32. The number of ketones is 1. The minimum atomic E-state index is -0.459. The van der Waals surface area contributed by atoms with Gasteiger partial charge in [0.2, 0.25) is 5.95 Å².